The Bertz CT molecular complexity index is 3880. The number of carboxylic acids is 3. The average Bonchev–Trinajstić information content (AvgIpc) is 1.75. The minimum atomic E-state index is -1.88. The Labute approximate surface area is 553 Å². The maximum Gasteiger partial charge on any atom is 0.326 e. The monoisotopic (exact) mass is 1340 g/mol. The molecule has 0 radical (unpaired) electrons. The number of aromatic amines is 4. The Hall–Kier alpha value is -11.7. The van der Waals surface area contributed by atoms with Crippen molar-refractivity contribution in [3.8, 4) is 5.75 Å². The maximum absolute atomic E-state index is 15.3. The van der Waals surface area contributed by atoms with Gasteiger partial charge in [-0.1, -0.05) is 48.5 Å². The lowest BCUT2D eigenvalue weighted by Crippen LogP contribution is -2.61. The number of fused-ring (bicyclic) bond motifs is 2. The molecule has 0 fully saturated rings. The van der Waals surface area contributed by atoms with E-state index >= 15 is 19.2 Å². The highest BCUT2D eigenvalue weighted by Gasteiger charge is 2.37. The quantitative estimate of drug-likeness (QED) is 0.0112. The first-order valence-electron chi connectivity index (χ1n) is 30.9. The van der Waals surface area contributed by atoms with Crippen LogP contribution in [0.4, 0.5) is 0 Å². The molecule has 8 amide bonds. The fourth-order valence-electron chi connectivity index (χ4n) is 10.6. The molecule has 34 nitrogen and oxygen atoms in total. The predicted molar refractivity (Wildman–Crippen MR) is 348 cm³/mol. The molecule has 0 bridgehead atoms. The summed E-state index contributed by atoms with van der Waals surface area (Å²) in [5.74, 6) is -13.1. The molecular formula is C63H79N19O15. The number of aromatic nitrogens is 6. The number of carboxylic acid groups (broad SMARTS) is 3. The van der Waals surface area contributed by atoms with E-state index in [1.54, 1.807) is 60.9 Å². The molecule has 24 N–H and O–H groups in total. The summed E-state index contributed by atoms with van der Waals surface area (Å²) in [5, 5.41) is 70.9. The zero-order chi connectivity index (χ0) is 70.1. The van der Waals surface area contributed by atoms with Crippen LogP contribution in [0.2, 0.25) is 0 Å². The largest absolute Gasteiger partial charge is 0.508 e. The Kier molecular flexibility index (Phi) is 26.7. The number of guanidine groups is 1. The molecule has 0 aliphatic rings. The number of hydrogen-bond acceptors (Lipinski definition) is 17. The van der Waals surface area contributed by atoms with E-state index in [4.69, 9.17) is 22.6 Å². The number of benzene rings is 3. The summed E-state index contributed by atoms with van der Waals surface area (Å²) in [6.45, 7) is 0.364. The molecule has 97 heavy (non-hydrogen) atoms. The Balaban J connectivity index is 1.21. The normalized spacial score (nSPS) is 14.0. The second kappa shape index (κ2) is 35.6. The number of unbranched alkanes of at least 4 members (excludes halogenated alkanes) is 1. The van der Waals surface area contributed by atoms with Gasteiger partial charge >= 0.3 is 17.9 Å². The van der Waals surface area contributed by atoms with Crippen LogP contribution in [-0.4, -0.2) is 189 Å². The third kappa shape index (κ3) is 22.2. The molecule has 0 spiro atoms. The van der Waals surface area contributed by atoms with Crippen molar-refractivity contribution in [1.82, 2.24) is 77.8 Å². The van der Waals surface area contributed by atoms with E-state index in [1.165, 1.54) is 49.3 Å². The summed E-state index contributed by atoms with van der Waals surface area (Å²) in [5.41, 5.74) is 20.3. The zero-order valence-electron chi connectivity index (χ0n) is 52.4. The van der Waals surface area contributed by atoms with Crippen molar-refractivity contribution in [2.45, 2.75) is 131 Å². The van der Waals surface area contributed by atoms with Gasteiger partial charge in [-0.2, -0.15) is 0 Å². The van der Waals surface area contributed by atoms with Crippen LogP contribution in [0.5, 0.6) is 5.75 Å². The van der Waals surface area contributed by atoms with Crippen LogP contribution in [0.1, 0.15) is 73.0 Å². The number of nitrogens with one attached hydrogen (secondary N) is 14. The molecule has 0 unspecified atom stereocenters. The van der Waals surface area contributed by atoms with Crippen molar-refractivity contribution in [3.05, 3.63) is 138 Å². The lowest BCUT2D eigenvalue weighted by atomic mass is 10.0. The summed E-state index contributed by atoms with van der Waals surface area (Å²) in [7, 11) is 0. The van der Waals surface area contributed by atoms with Crippen LogP contribution < -0.4 is 65.1 Å². The van der Waals surface area contributed by atoms with Gasteiger partial charge in [0.25, 0.3) is 0 Å². The van der Waals surface area contributed by atoms with Gasteiger partial charge in [-0.3, -0.25) is 53.4 Å². The summed E-state index contributed by atoms with van der Waals surface area (Å²) < 4.78 is 0. The number of phenols is 1. The van der Waals surface area contributed by atoms with Gasteiger partial charge in [0.1, 0.15) is 54.1 Å². The maximum atomic E-state index is 15.3. The minimum absolute atomic E-state index is 0.0292. The molecule has 0 saturated heterocycles. The highest BCUT2D eigenvalue weighted by molar-refractivity contribution is 6.00. The lowest BCUT2D eigenvalue weighted by Gasteiger charge is -2.28. The molecule has 0 aliphatic heterocycles. The molecule has 4 aromatic heterocycles. The SMILES string of the molecule is N=C(N)NCCC[C@@H](N)C(=O)N[C@@H](CC(=O)O)C(=O)N[C@@H](Cc1ccc(O)cc1)C(=O)N[C@@H](Cc1c[nH]c2ccccc12)C(=O)N[C@H](Cc1c[nH]cn1)C(=O)N[C@@H](Cc1c[nH]c2ccccc12)C(=O)N[C@@H](Cc1c[nH]cn1)C(=O)N[C@H](CCCCN)C(=O)N[C@@H](CC(=O)O)C(=O)O. The van der Waals surface area contributed by atoms with E-state index in [2.05, 4.69) is 77.8 Å². The van der Waals surface area contributed by atoms with Crippen molar-refractivity contribution in [2.24, 2.45) is 17.2 Å². The van der Waals surface area contributed by atoms with Gasteiger partial charge in [0.05, 0.1) is 42.9 Å². The Morgan fingerprint density at radius 2 is 0.887 bits per heavy atom. The molecule has 0 saturated carbocycles. The topological polar surface area (TPSA) is 568 Å². The highest BCUT2D eigenvalue weighted by atomic mass is 16.4. The van der Waals surface area contributed by atoms with E-state index in [9.17, 15) is 54.0 Å². The van der Waals surface area contributed by atoms with Crippen LogP contribution >= 0.6 is 0 Å². The van der Waals surface area contributed by atoms with Crippen molar-refractivity contribution >= 4 is 92.9 Å². The van der Waals surface area contributed by atoms with E-state index in [0.717, 1.165) is 0 Å². The van der Waals surface area contributed by atoms with Gasteiger partial charge in [0.15, 0.2) is 5.96 Å². The number of amides is 8. The van der Waals surface area contributed by atoms with Crippen LogP contribution in [0, 0.1) is 5.41 Å². The number of carbonyl (C=O) groups is 11. The first kappa shape index (κ1) is 72.7. The van der Waals surface area contributed by atoms with Gasteiger partial charge in [-0.25, -0.2) is 14.8 Å². The number of H-pyrrole nitrogens is 4. The third-order valence-electron chi connectivity index (χ3n) is 15.6. The zero-order valence-corrected chi connectivity index (χ0v) is 52.4. The number of carbonyl (C=O) groups excluding carboxylic acids is 8. The molecule has 3 aromatic carbocycles. The third-order valence-corrected chi connectivity index (χ3v) is 15.6. The number of aromatic hydroxyl groups is 1. The molecule has 4 heterocycles. The second-order valence-corrected chi connectivity index (χ2v) is 22.9. The number of para-hydroxylation sites is 2. The van der Waals surface area contributed by atoms with Crippen molar-refractivity contribution in [3.63, 3.8) is 0 Å². The van der Waals surface area contributed by atoms with E-state index in [0.29, 0.717) is 44.9 Å². The minimum Gasteiger partial charge on any atom is -0.508 e. The molecule has 34 heteroatoms. The second-order valence-electron chi connectivity index (χ2n) is 22.9. The number of imidazole rings is 2. The van der Waals surface area contributed by atoms with E-state index in [-0.39, 0.29) is 94.0 Å². The van der Waals surface area contributed by atoms with Crippen molar-refractivity contribution in [1.29, 1.82) is 5.41 Å². The molecule has 9 atom stereocenters. The van der Waals surface area contributed by atoms with Gasteiger partial charge in [-0.15, -0.1) is 0 Å². The number of nitrogens with two attached hydrogens (primary N) is 3. The lowest BCUT2D eigenvalue weighted by molar-refractivity contribution is -0.147. The molecular weight excluding hydrogens is 1260 g/mol. The summed E-state index contributed by atoms with van der Waals surface area (Å²) >= 11 is 0. The van der Waals surface area contributed by atoms with Crippen molar-refractivity contribution < 1.29 is 73.2 Å². The smallest absolute Gasteiger partial charge is 0.326 e. The van der Waals surface area contributed by atoms with E-state index in [1.807, 2.05) is 0 Å². The number of nitrogens with zero attached hydrogens (tertiary/aromatic N) is 2. The Morgan fingerprint density at radius 1 is 0.474 bits per heavy atom. The van der Waals surface area contributed by atoms with Crippen molar-refractivity contribution in [2.75, 3.05) is 13.1 Å². The standard InChI is InChI=1S/C63H79N19O15/c64-18-6-5-13-44(55(89)82-51(62(96)97)26-53(86)87)75-59(93)48(23-36-29-68-31-73-36)80-58(92)47(22-35-28-72-43-12-4-2-9-40(35)43)79-60(94)49(24-37-30-69-32-74-37)81-57(91)46(21-34-27-71-42-11-3-1-8-39(34)42)78-56(90)45(20-33-14-16-38(83)17-15-33)77-61(95)50(25-52(84)85)76-54(88)41(65)10-7-19-70-63(66)67/h1-4,8-9,11-12,14-17,27-32,41,44-51,71-72,83H,5-7,10,13,18-26,64-65H2,(H,68,73)(H,69,74)(H,75,93)(H,76,88)(H,77,95)(H,78,90)(H,79,94)(H,80,92)(H,81,91)(H,82,89)(H,84,85)(H,86,87)(H,96,97)(H4,66,67,70)/t41-,44-,45+,46+,47+,48+,49-,50+,51+/m1/s1. The molecule has 7 aromatic rings. The van der Waals surface area contributed by atoms with Gasteiger partial charge in [0.2, 0.25) is 47.3 Å². The molecule has 7 rings (SSSR count). The Morgan fingerprint density at radius 3 is 1.33 bits per heavy atom. The van der Waals surface area contributed by atoms with E-state index < -0.39 is 132 Å². The molecule has 0 aliphatic carbocycles. The van der Waals surface area contributed by atoms with Gasteiger partial charge in [0, 0.05) is 85.2 Å². The summed E-state index contributed by atoms with van der Waals surface area (Å²) in [6, 6.07) is 5.14. The molecule has 516 valence electrons. The number of phenolic OH excluding ortho intramolecular Hbond substituents is 1. The van der Waals surface area contributed by atoms with Crippen LogP contribution in [-0.2, 0) is 84.8 Å². The van der Waals surface area contributed by atoms with Crippen LogP contribution in [0.3, 0.4) is 0 Å². The number of hydrogen-bond donors (Lipinski definition) is 21. The number of rotatable bonds is 39. The number of aliphatic carboxylic acids is 3. The predicted octanol–water partition coefficient (Wildman–Crippen LogP) is -2.05. The van der Waals surface area contributed by atoms with Gasteiger partial charge < -0.3 is 105 Å². The summed E-state index contributed by atoms with van der Waals surface area (Å²) in [6.07, 6.45) is 6.03. The van der Waals surface area contributed by atoms with Crippen LogP contribution in [0.15, 0.2) is 110 Å². The average molecular weight is 1340 g/mol. The summed E-state index contributed by atoms with van der Waals surface area (Å²) in [4.78, 5) is 173. The first-order chi connectivity index (χ1) is 46.4. The fourth-order valence-corrected chi connectivity index (χ4v) is 10.6. The van der Waals surface area contributed by atoms with Gasteiger partial charge in [-0.05, 0) is 79.6 Å². The highest BCUT2D eigenvalue weighted by Crippen LogP contribution is 2.22. The van der Waals surface area contributed by atoms with Crippen LogP contribution in [0.25, 0.3) is 21.8 Å². The first-order valence-corrected chi connectivity index (χ1v) is 30.9. The fraction of sp³-hybridized carbons (Fsp3) is 0.365.